The van der Waals surface area contributed by atoms with Crippen LogP contribution in [-0.2, 0) is 14.4 Å². The lowest BCUT2D eigenvalue weighted by atomic mass is 10.2. The summed E-state index contributed by atoms with van der Waals surface area (Å²) in [6.07, 6.45) is 1.59. The molecule has 1 heterocycles. The summed E-state index contributed by atoms with van der Waals surface area (Å²) in [5.74, 6) is -1.84. The van der Waals surface area contributed by atoms with Gasteiger partial charge in [-0.1, -0.05) is 0 Å². The molecule has 0 bridgehead atoms. The highest BCUT2D eigenvalue weighted by Gasteiger charge is 2.27. The van der Waals surface area contributed by atoms with Crippen LogP contribution in [0.3, 0.4) is 0 Å². The number of carboxylic acids is 1. The number of carboxylic acid groups (broad SMARTS) is 1. The van der Waals surface area contributed by atoms with Crippen LogP contribution in [-0.4, -0.2) is 45.7 Å². The molecule has 0 radical (unpaired) electrons. The van der Waals surface area contributed by atoms with Gasteiger partial charge in [-0.25, -0.2) is 4.79 Å². The van der Waals surface area contributed by atoms with Crippen molar-refractivity contribution in [3.63, 3.8) is 0 Å². The Morgan fingerprint density at radius 3 is 2.75 bits per heavy atom. The molecule has 8 heteroatoms. The van der Waals surface area contributed by atoms with E-state index in [0.717, 1.165) is 0 Å². The van der Waals surface area contributed by atoms with E-state index >= 15 is 0 Å². The molecule has 1 rings (SSSR count). The average molecular weight is 339 g/mol. The molecule has 0 aromatic rings. The Balaban J connectivity index is 2.42. The first-order chi connectivity index (χ1) is 7.50. The first-order valence-corrected chi connectivity index (χ1v) is 5.54. The van der Waals surface area contributed by atoms with Crippen LogP contribution in [0, 0.1) is 0 Å². The zero-order chi connectivity index (χ0) is 12.1. The maximum absolute atomic E-state index is 11.4. The monoisotopic (exact) mass is 339 g/mol. The van der Waals surface area contributed by atoms with Crippen molar-refractivity contribution < 1.29 is 19.5 Å². The van der Waals surface area contributed by atoms with Crippen LogP contribution >= 0.6 is 22.6 Å². The Labute approximate surface area is 105 Å². The molecule has 1 aliphatic rings. The summed E-state index contributed by atoms with van der Waals surface area (Å²) in [6, 6.07) is -1.60. The predicted molar refractivity (Wildman–Crippen MR) is 63.5 cm³/mol. The normalized spacial score (nSPS) is 19.9. The molecule has 2 unspecified atom stereocenters. The lowest BCUT2D eigenvalue weighted by Gasteiger charge is -2.13. The van der Waals surface area contributed by atoms with Crippen molar-refractivity contribution in [2.45, 2.75) is 18.5 Å². The molecule has 7 nitrogen and oxygen atoms in total. The van der Waals surface area contributed by atoms with E-state index in [2.05, 4.69) is 15.6 Å². The van der Waals surface area contributed by atoms with Gasteiger partial charge in [-0.2, -0.15) is 0 Å². The number of carbonyl (C=O) groups is 3. The molecule has 0 fully saturated rings. The van der Waals surface area contributed by atoms with Gasteiger partial charge >= 0.3 is 5.97 Å². The fourth-order valence-electron chi connectivity index (χ4n) is 1.17. The predicted octanol–water partition coefficient (Wildman–Crippen LogP) is -1.09. The standard InChI is InChI=1S/C8H10IN3O4/c9-7(14)6(8(15)16)12-5(13)1-4-2-10-3-11-4/h3-4,6H,1-2H2,(H,10,11)(H,12,13)(H,15,16). The fourth-order valence-corrected chi connectivity index (χ4v) is 1.60. The lowest BCUT2D eigenvalue weighted by Crippen LogP contribution is -2.46. The average Bonchev–Trinajstić information content (AvgIpc) is 2.65. The zero-order valence-corrected chi connectivity index (χ0v) is 10.3. The molecule has 1 amide bonds. The largest absolute Gasteiger partial charge is 0.479 e. The second kappa shape index (κ2) is 5.77. The van der Waals surface area contributed by atoms with Gasteiger partial charge in [0.25, 0.3) is 0 Å². The van der Waals surface area contributed by atoms with E-state index in [1.165, 1.54) is 28.9 Å². The van der Waals surface area contributed by atoms with Gasteiger partial charge in [0.15, 0.2) is 6.04 Å². The highest BCUT2D eigenvalue weighted by atomic mass is 127. The van der Waals surface area contributed by atoms with Crippen molar-refractivity contribution in [3.05, 3.63) is 0 Å². The van der Waals surface area contributed by atoms with Crippen molar-refractivity contribution in [1.82, 2.24) is 10.6 Å². The molecular formula is C8H10IN3O4. The molecule has 1 aliphatic heterocycles. The van der Waals surface area contributed by atoms with Crippen LogP contribution in [0.1, 0.15) is 6.42 Å². The van der Waals surface area contributed by atoms with Crippen molar-refractivity contribution in [3.8, 4) is 0 Å². The minimum absolute atomic E-state index is 0.0910. The lowest BCUT2D eigenvalue weighted by molar-refractivity contribution is -0.143. The highest BCUT2D eigenvalue weighted by Crippen LogP contribution is 2.00. The Morgan fingerprint density at radius 1 is 1.62 bits per heavy atom. The van der Waals surface area contributed by atoms with Crippen LogP contribution in [0.15, 0.2) is 4.99 Å². The van der Waals surface area contributed by atoms with Gasteiger partial charge < -0.3 is 15.7 Å². The molecule has 16 heavy (non-hydrogen) atoms. The number of aliphatic imine (C=N–C) groups is 1. The second-order valence-electron chi connectivity index (χ2n) is 3.20. The third-order valence-electron chi connectivity index (χ3n) is 1.94. The van der Waals surface area contributed by atoms with E-state index < -0.39 is 21.7 Å². The van der Waals surface area contributed by atoms with Gasteiger partial charge in [0.1, 0.15) is 0 Å². The Morgan fingerprint density at radius 2 is 2.31 bits per heavy atom. The highest BCUT2D eigenvalue weighted by molar-refractivity contribution is 14.1. The molecule has 2 atom stereocenters. The summed E-state index contributed by atoms with van der Waals surface area (Å²) in [5, 5.41) is 13.7. The van der Waals surface area contributed by atoms with E-state index in [0.29, 0.717) is 6.54 Å². The van der Waals surface area contributed by atoms with E-state index in [1.54, 1.807) is 0 Å². The first-order valence-electron chi connectivity index (χ1n) is 4.46. The number of nitrogens with one attached hydrogen (secondary N) is 2. The number of hydrogen-bond acceptors (Lipinski definition) is 5. The molecule has 0 aromatic heterocycles. The number of nitrogens with zero attached hydrogens (tertiary/aromatic N) is 1. The number of aliphatic carboxylic acids is 1. The number of halogens is 1. The molecule has 3 N–H and O–H groups in total. The Kier molecular flexibility index (Phi) is 4.65. The Bertz CT molecular complexity index is 322. The van der Waals surface area contributed by atoms with E-state index in [-0.39, 0.29) is 12.5 Å². The van der Waals surface area contributed by atoms with Crippen molar-refractivity contribution >= 4 is 44.6 Å². The van der Waals surface area contributed by atoms with Crippen molar-refractivity contribution in [2.75, 3.05) is 6.54 Å². The van der Waals surface area contributed by atoms with Crippen LogP contribution in [0.25, 0.3) is 0 Å². The second-order valence-corrected chi connectivity index (χ2v) is 4.27. The van der Waals surface area contributed by atoms with Crippen molar-refractivity contribution in [2.24, 2.45) is 4.99 Å². The summed E-state index contributed by atoms with van der Waals surface area (Å²) in [6.45, 7) is 0.476. The molecular weight excluding hydrogens is 329 g/mol. The van der Waals surface area contributed by atoms with Gasteiger partial charge in [-0.15, -0.1) is 0 Å². The topological polar surface area (TPSA) is 108 Å². The van der Waals surface area contributed by atoms with Crippen molar-refractivity contribution in [1.29, 1.82) is 0 Å². The van der Waals surface area contributed by atoms with Gasteiger partial charge in [-0.3, -0.25) is 14.6 Å². The SMILES string of the molecule is O=C(CC1CN=CN1)NC(C(=O)O)C(=O)I. The smallest absolute Gasteiger partial charge is 0.334 e. The third kappa shape index (κ3) is 3.76. The minimum Gasteiger partial charge on any atom is -0.479 e. The van der Waals surface area contributed by atoms with Gasteiger partial charge in [-0.05, 0) is 0 Å². The summed E-state index contributed by atoms with van der Waals surface area (Å²) < 4.78 is -0.630. The summed E-state index contributed by atoms with van der Waals surface area (Å²) in [4.78, 5) is 36.8. The molecule has 88 valence electrons. The fraction of sp³-hybridized carbons (Fsp3) is 0.500. The van der Waals surface area contributed by atoms with Gasteiger partial charge in [0, 0.05) is 29.0 Å². The van der Waals surface area contributed by atoms with Crippen LogP contribution < -0.4 is 10.6 Å². The molecule has 0 saturated carbocycles. The van der Waals surface area contributed by atoms with Crippen LogP contribution in [0.5, 0.6) is 0 Å². The summed E-state index contributed by atoms with van der Waals surface area (Å²) in [7, 11) is 0. The maximum atomic E-state index is 11.4. The van der Waals surface area contributed by atoms with E-state index in [4.69, 9.17) is 5.11 Å². The Hall–Kier alpha value is -1.19. The minimum atomic E-state index is -1.48. The first kappa shape index (κ1) is 12.9. The van der Waals surface area contributed by atoms with Crippen LogP contribution in [0.4, 0.5) is 0 Å². The molecule has 0 saturated heterocycles. The number of carbonyl (C=O) groups excluding carboxylic acids is 2. The number of hydrogen-bond donors (Lipinski definition) is 3. The van der Waals surface area contributed by atoms with Gasteiger partial charge in [0.05, 0.1) is 18.9 Å². The quantitative estimate of drug-likeness (QED) is 0.335. The maximum Gasteiger partial charge on any atom is 0.334 e. The summed E-state index contributed by atoms with van der Waals surface area (Å²) in [5.41, 5.74) is 0. The number of amides is 1. The van der Waals surface area contributed by atoms with Crippen LogP contribution in [0.2, 0.25) is 0 Å². The van der Waals surface area contributed by atoms with E-state index in [9.17, 15) is 14.4 Å². The zero-order valence-electron chi connectivity index (χ0n) is 8.14. The molecule has 0 aliphatic carbocycles. The summed E-state index contributed by atoms with van der Waals surface area (Å²) >= 11 is 1.34. The third-order valence-corrected chi connectivity index (χ3v) is 2.56. The van der Waals surface area contributed by atoms with Gasteiger partial charge in [0.2, 0.25) is 9.70 Å². The number of rotatable bonds is 5. The molecule has 0 spiro atoms. The molecule has 0 aromatic carbocycles. The van der Waals surface area contributed by atoms with E-state index in [1.807, 2.05) is 0 Å².